The summed E-state index contributed by atoms with van der Waals surface area (Å²) in [5.41, 5.74) is 17.6. The van der Waals surface area contributed by atoms with Crippen LogP contribution in [-0.2, 0) is 112 Å². The molecule has 3 heterocycles. The lowest BCUT2D eigenvalue weighted by molar-refractivity contribution is -0.140. The molecule has 46 nitrogen and oxygen atoms in total. The summed E-state index contributed by atoms with van der Waals surface area (Å²) in [4.78, 5) is 288. The molecule has 3 aliphatic rings. The van der Waals surface area contributed by atoms with Crippen molar-refractivity contribution in [3.63, 3.8) is 0 Å². The first kappa shape index (κ1) is 110. The molecule has 0 spiro atoms. The van der Waals surface area contributed by atoms with Gasteiger partial charge in [-0.15, -0.1) is 23.5 Å². The largest absolute Gasteiger partial charge is 0.484 e. The molecule has 0 saturated carbocycles. The summed E-state index contributed by atoms with van der Waals surface area (Å²) >= 11 is 2.29. The zero-order chi connectivity index (χ0) is 95.5. The third kappa shape index (κ3) is 42.3. The van der Waals surface area contributed by atoms with Crippen LogP contribution in [0, 0.1) is 0 Å². The van der Waals surface area contributed by atoms with E-state index >= 15 is 0 Å². The van der Waals surface area contributed by atoms with Gasteiger partial charge in [0.15, 0.2) is 6.61 Å². The van der Waals surface area contributed by atoms with Crippen LogP contribution in [0.3, 0.4) is 0 Å². The van der Waals surface area contributed by atoms with Crippen molar-refractivity contribution >= 4 is 165 Å². The van der Waals surface area contributed by atoms with Crippen LogP contribution in [0.4, 0.5) is 0 Å². The SMILES string of the molecule is CCC(=O)NC(CCCCNC(=O)CCO)C(=O)NC(CCCCNC(=O)CCN1C(=O)CC(SCC(NC(=O)C(CCCCNC(=O)CCN2C(=O)CC(SNC(=O)COc3ccc(CO)cc3)C2=O)NC(=O)C(CSC2CC(=O)N(CCC(=O)NCCCCC(NC(=O)C(CCCCNC(=O)CCO)NC(=O)CCO)C(N)=O)C2=O)NC(C)=O)C(N)=O)C1=O)C(N)=O. The number of imide groups is 3. The Morgan fingerprint density at radius 1 is 0.388 bits per heavy atom. The smallest absolute Gasteiger partial charge is 0.267 e. The van der Waals surface area contributed by atoms with E-state index in [1.165, 1.54) is 0 Å². The third-order valence-electron chi connectivity index (χ3n) is 20.2. The molecule has 0 bridgehead atoms. The maximum atomic E-state index is 14.4. The van der Waals surface area contributed by atoms with E-state index in [9.17, 15) is 116 Å². The van der Waals surface area contributed by atoms with Crippen molar-refractivity contribution in [1.82, 2.24) is 83.2 Å². The van der Waals surface area contributed by atoms with Gasteiger partial charge in [0.1, 0.15) is 53.3 Å². The molecule has 10 atom stereocenters. The van der Waals surface area contributed by atoms with Gasteiger partial charge in [0.25, 0.3) is 5.91 Å². The fraction of sp³-hybridized carbons (Fsp3) is 0.650. The number of thioether (sulfide) groups is 2. The maximum absolute atomic E-state index is 14.4. The lowest BCUT2D eigenvalue weighted by Crippen LogP contribution is -2.57. The number of rotatable bonds is 67. The van der Waals surface area contributed by atoms with Crippen molar-refractivity contribution in [1.29, 1.82) is 0 Å². The Hall–Kier alpha value is -11.1. The van der Waals surface area contributed by atoms with Crippen molar-refractivity contribution < 1.29 is 131 Å². The number of aliphatic hydroxyl groups is 4. The summed E-state index contributed by atoms with van der Waals surface area (Å²) in [7, 11) is 0. The van der Waals surface area contributed by atoms with Crippen molar-refractivity contribution in [3.8, 4) is 5.75 Å². The summed E-state index contributed by atoms with van der Waals surface area (Å²) < 4.78 is 7.90. The minimum atomic E-state index is -1.58. The minimum Gasteiger partial charge on any atom is -0.484 e. The van der Waals surface area contributed by atoms with Gasteiger partial charge >= 0.3 is 0 Å². The fourth-order valence-corrected chi connectivity index (χ4v) is 16.2. The molecule has 0 aromatic heterocycles. The highest BCUT2D eigenvalue weighted by atomic mass is 32.2. The molecule has 22 amide bonds. The molecule has 1 aromatic rings. The number of carbonyl (C=O) groups is 22. The second-order valence-electron chi connectivity index (χ2n) is 30.3. The number of amides is 22. The van der Waals surface area contributed by atoms with E-state index in [-0.39, 0.29) is 218 Å². The van der Waals surface area contributed by atoms with Crippen molar-refractivity contribution in [2.75, 3.05) is 90.3 Å². The van der Waals surface area contributed by atoms with Crippen LogP contribution in [-0.4, -0.2) is 313 Å². The first-order valence-corrected chi connectivity index (χ1v) is 45.6. The van der Waals surface area contributed by atoms with E-state index in [1.54, 1.807) is 31.2 Å². The highest BCUT2D eigenvalue weighted by molar-refractivity contribution is 8.01. The Labute approximate surface area is 757 Å². The zero-order valence-corrected chi connectivity index (χ0v) is 74.8. The quantitative estimate of drug-likeness (QED) is 0.0164. The van der Waals surface area contributed by atoms with E-state index < -0.39 is 195 Å². The van der Waals surface area contributed by atoms with Gasteiger partial charge in [-0.25, -0.2) is 0 Å². The summed E-state index contributed by atoms with van der Waals surface area (Å²) in [6.45, 7) is 0.457. The van der Waals surface area contributed by atoms with Gasteiger partial charge in [-0.2, -0.15) is 0 Å². The highest BCUT2D eigenvalue weighted by Gasteiger charge is 2.43. The van der Waals surface area contributed by atoms with Gasteiger partial charge in [0, 0.05) is 135 Å². The molecule has 3 saturated heterocycles. The molecule has 129 heavy (non-hydrogen) atoms. The fourth-order valence-electron chi connectivity index (χ4n) is 13.0. The van der Waals surface area contributed by atoms with Gasteiger partial charge in [-0.3, -0.25) is 125 Å². The molecular formula is C80H123N19O27S3. The van der Waals surface area contributed by atoms with E-state index in [0.717, 1.165) is 45.1 Å². The molecular weight excluding hydrogens is 1760 g/mol. The molecule has 3 fully saturated rings. The van der Waals surface area contributed by atoms with Gasteiger partial charge in [0.2, 0.25) is 124 Å². The standard InChI is InChI=1S/C80H123N19O27S3/c1-3-60(105)90-52(16-6-11-32-87-64(109)26-37-100)74(119)92-50(71(81)116)14-4-9-29-84-61(106)23-34-97-68(113)40-57(78(97)123)127-45-55(73(83)118)95-76(121)54(18-8-13-31-86-63(108)25-36-99-70(115)42-59(80(99)125)129-96-67(112)44-126-49-21-19-48(43-103)20-22-49)94-77(122)56(89-47(2)104)46-128-58-41-69(114)98(79(58)124)35-24-62(107)85-30-10-5-15-51(72(82)117)93-75(120)53(91-66(111)28-39-102)17-7-12-33-88-65(110)27-38-101/h19-22,50-59,100-103H,3-18,23-46H2,1-2H3,(H2,81,116)(H2,82,117)(H2,83,118)(H,84,106)(H,85,107)(H,86,108)(H,87,109)(H,88,110)(H,89,104)(H,90,105)(H,91,111)(H,92,119)(H,93,120)(H,94,122)(H,95,121)(H,96,112). The number of likely N-dealkylation sites (tertiary alicyclic amines) is 3. The first-order chi connectivity index (χ1) is 61.5. The predicted molar refractivity (Wildman–Crippen MR) is 464 cm³/mol. The lowest BCUT2D eigenvalue weighted by atomic mass is 10.1. The van der Waals surface area contributed by atoms with Gasteiger partial charge in [0.05, 0.1) is 36.9 Å². The Bertz CT molecular complexity index is 4040. The van der Waals surface area contributed by atoms with Crippen LogP contribution >= 0.6 is 35.5 Å². The second kappa shape index (κ2) is 60.6. The number of ether oxygens (including phenoxy) is 1. The molecule has 0 radical (unpaired) electrons. The van der Waals surface area contributed by atoms with Gasteiger partial charge in [-0.05, 0) is 126 Å². The topological polar surface area (TPSA) is 710 Å². The Morgan fingerprint density at radius 3 is 1.07 bits per heavy atom. The predicted octanol–water partition coefficient (Wildman–Crippen LogP) is -6.80. The molecule has 4 rings (SSSR count). The normalized spacial score (nSPS) is 16.4. The van der Waals surface area contributed by atoms with Crippen molar-refractivity contribution in [2.45, 2.75) is 239 Å². The van der Waals surface area contributed by atoms with Crippen LogP contribution in [0.2, 0.25) is 0 Å². The van der Waals surface area contributed by atoms with Gasteiger partial charge in [-0.1, -0.05) is 19.1 Å². The summed E-state index contributed by atoms with van der Waals surface area (Å²) in [5.74, 6) is -15.6. The van der Waals surface area contributed by atoms with Crippen LogP contribution in [0.1, 0.15) is 180 Å². The molecule has 718 valence electrons. The van der Waals surface area contributed by atoms with E-state index in [4.69, 9.17) is 32.2 Å². The maximum Gasteiger partial charge on any atom is 0.267 e. The van der Waals surface area contributed by atoms with Crippen molar-refractivity contribution in [2.24, 2.45) is 17.2 Å². The zero-order valence-electron chi connectivity index (χ0n) is 72.3. The first-order valence-electron chi connectivity index (χ1n) is 42.7. The summed E-state index contributed by atoms with van der Waals surface area (Å²) in [6, 6.07) is -2.81. The summed E-state index contributed by atoms with van der Waals surface area (Å²) in [6.07, 6.45) is 0.529. The molecule has 1 aromatic carbocycles. The van der Waals surface area contributed by atoms with E-state index in [2.05, 4.69) is 68.5 Å². The third-order valence-corrected chi connectivity index (χ3v) is 23.8. The average Bonchev–Trinajstić information content (AvgIpc) is 1.70. The monoisotopic (exact) mass is 1880 g/mol. The Kier molecular flexibility index (Phi) is 51.8. The van der Waals surface area contributed by atoms with E-state index in [0.29, 0.717) is 55.4 Å². The molecule has 0 aliphatic carbocycles. The Balaban J connectivity index is 1.35. The molecule has 3 aliphatic heterocycles. The average molecular weight is 1880 g/mol. The number of hydrogen-bond donors (Lipinski definition) is 20. The van der Waals surface area contributed by atoms with Crippen LogP contribution in [0.5, 0.6) is 5.75 Å². The number of hydrogen-bond acceptors (Lipinski definition) is 30. The number of carbonyl (C=O) groups excluding carboxylic acids is 22. The van der Waals surface area contributed by atoms with E-state index in [1.807, 2.05) is 0 Å². The number of primary amides is 3. The number of nitrogens with two attached hydrogens (primary N) is 3. The molecule has 49 heteroatoms. The highest BCUT2D eigenvalue weighted by Crippen LogP contribution is 2.29. The lowest BCUT2D eigenvalue weighted by Gasteiger charge is -2.25. The number of unbranched alkanes of at least 4 members (excludes halogenated alkanes) is 5. The summed E-state index contributed by atoms with van der Waals surface area (Å²) in [5, 5.41) is 64.1. The van der Waals surface area contributed by atoms with Gasteiger partial charge < -0.3 is 106 Å². The number of aliphatic hydroxyl groups excluding tert-OH is 4. The Morgan fingerprint density at radius 2 is 0.705 bits per heavy atom. The number of nitrogens with zero attached hydrogens (tertiary/aromatic N) is 3. The van der Waals surface area contributed by atoms with Crippen LogP contribution < -0.4 is 90.5 Å². The van der Waals surface area contributed by atoms with Crippen LogP contribution in [0.15, 0.2) is 24.3 Å². The number of benzene rings is 1. The van der Waals surface area contributed by atoms with Crippen molar-refractivity contribution in [3.05, 3.63) is 29.8 Å². The molecule has 10 unspecified atom stereocenters. The minimum absolute atomic E-state index is 0.0214. The second-order valence-corrected chi connectivity index (χ2v) is 33.8. The number of nitrogens with one attached hydrogen (secondary N) is 13. The van der Waals surface area contributed by atoms with Crippen LogP contribution in [0.25, 0.3) is 0 Å². The molecule has 23 N–H and O–H groups in total.